The molecule has 0 spiro atoms. The third-order valence-corrected chi connectivity index (χ3v) is 8.32. The Morgan fingerprint density at radius 1 is 0.925 bits per heavy atom. The number of ether oxygens (including phenoxy) is 2. The lowest BCUT2D eigenvalue weighted by molar-refractivity contribution is 0.0627. The zero-order chi connectivity index (χ0) is 28.3. The highest BCUT2D eigenvalue weighted by Gasteiger charge is 2.24. The highest BCUT2D eigenvalue weighted by atomic mass is 32.2. The normalized spacial score (nSPS) is 14.2. The maximum absolute atomic E-state index is 13.1. The molecule has 5 rings (SSSR count). The minimum atomic E-state index is -3.88. The number of piperazine rings is 1. The summed E-state index contributed by atoms with van der Waals surface area (Å²) >= 11 is 0. The Labute approximate surface area is 232 Å². The summed E-state index contributed by atoms with van der Waals surface area (Å²) in [6.07, 6.45) is 1.56. The van der Waals surface area contributed by atoms with E-state index < -0.39 is 10.0 Å². The first-order chi connectivity index (χ1) is 19.3. The number of carbonyl (C=O) groups excluding carboxylic acids is 1. The SMILES string of the molecule is COc1c(O)ccc(CN2CCN(C(=O)c3ccc(NS(=O)(=O)c4cccc5cccnc45)cc3)CC2)c1OC. The van der Waals surface area contributed by atoms with Gasteiger partial charge >= 0.3 is 0 Å². The summed E-state index contributed by atoms with van der Waals surface area (Å²) in [6.45, 7) is 2.99. The maximum atomic E-state index is 13.1. The van der Waals surface area contributed by atoms with Crippen LogP contribution in [0.5, 0.6) is 17.2 Å². The standard InChI is InChI=1S/C29H30N4O6S/c1-38-27-22(10-13-24(34)28(27)39-2)19-32-15-17-33(18-16-32)29(35)21-8-11-23(12-9-21)31-40(36,37)25-7-3-5-20-6-4-14-30-26(20)25/h3-14,31,34H,15-19H2,1-2H3. The van der Waals surface area contributed by atoms with Gasteiger partial charge in [-0.15, -0.1) is 0 Å². The lowest BCUT2D eigenvalue weighted by Crippen LogP contribution is -2.48. The molecule has 1 aliphatic heterocycles. The molecule has 208 valence electrons. The maximum Gasteiger partial charge on any atom is 0.264 e. The van der Waals surface area contributed by atoms with Gasteiger partial charge in [0.15, 0.2) is 11.5 Å². The van der Waals surface area contributed by atoms with Crippen molar-refractivity contribution in [1.29, 1.82) is 0 Å². The van der Waals surface area contributed by atoms with E-state index in [2.05, 4.69) is 14.6 Å². The van der Waals surface area contributed by atoms with Crippen LogP contribution in [0.2, 0.25) is 0 Å². The van der Waals surface area contributed by atoms with Crippen LogP contribution in [0.25, 0.3) is 10.9 Å². The van der Waals surface area contributed by atoms with Crippen molar-refractivity contribution in [2.45, 2.75) is 11.4 Å². The van der Waals surface area contributed by atoms with Crippen molar-refractivity contribution in [2.24, 2.45) is 0 Å². The van der Waals surface area contributed by atoms with Crippen molar-refractivity contribution < 1.29 is 27.8 Å². The van der Waals surface area contributed by atoms with Crippen LogP contribution >= 0.6 is 0 Å². The Morgan fingerprint density at radius 2 is 1.62 bits per heavy atom. The number of carbonyl (C=O) groups is 1. The van der Waals surface area contributed by atoms with Crippen molar-refractivity contribution in [3.63, 3.8) is 0 Å². The van der Waals surface area contributed by atoms with Gasteiger partial charge in [0.2, 0.25) is 5.75 Å². The Hall–Kier alpha value is -4.35. The van der Waals surface area contributed by atoms with Gasteiger partial charge in [0, 0.05) is 61.1 Å². The third-order valence-electron chi connectivity index (χ3n) is 6.90. The van der Waals surface area contributed by atoms with Crippen LogP contribution in [0.3, 0.4) is 0 Å². The van der Waals surface area contributed by atoms with Gasteiger partial charge in [0.05, 0.1) is 19.7 Å². The number of para-hydroxylation sites is 1. The Kier molecular flexibility index (Phi) is 7.76. The molecule has 0 unspecified atom stereocenters. The van der Waals surface area contributed by atoms with Crippen LogP contribution in [0, 0.1) is 0 Å². The van der Waals surface area contributed by atoms with Gasteiger partial charge in [-0.2, -0.15) is 0 Å². The third kappa shape index (κ3) is 5.51. The van der Waals surface area contributed by atoms with E-state index >= 15 is 0 Å². The number of methoxy groups -OCH3 is 2. The molecule has 10 nitrogen and oxygen atoms in total. The summed E-state index contributed by atoms with van der Waals surface area (Å²) in [5, 5.41) is 10.8. The first-order valence-corrected chi connectivity index (χ1v) is 14.2. The molecule has 0 radical (unpaired) electrons. The molecule has 0 bridgehead atoms. The summed E-state index contributed by atoms with van der Waals surface area (Å²) in [5.74, 6) is 0.695. The number of nitrogens with one attached hydrogen (secondary N) is 1. The summed E-state index contributed by atoms with van der Waals surface area (Å²) < 4.78 is 39.5. The second-order valence-electron chi connectivity index (χ2n) is 9.39. The molecule has 2 heterocycles. The van der Waals surface area contributed by atoms with Crippen LogP contribution < -0.4 is 14.2 Å². The molecule has 3 aromatic carbocycles. The van der Waals surface area contributed by atoms with Gasteiger partial charge in [0.25, 0.3) is 15.9 Å². The molecular weight excluding hydrogens is 532 g/mol. The quantitative estimate of drug-likeness (QED) is 0.333. The largest absolute Gasteiger partial charge is 0.504 e. The molecule has 4 aromatic rings. The van der Waals surface area contributed by atoms with E-state index in [1.807, 2.05) is 12.1 Å². The van der Waals surface area contributed by atoms with E-state index in [0.717, 1.165) is 10.9 Å². The molecule has 0 saturated carbocycles. The molecule has 1 amide bonds. The number of anilines is 1. The van der Waals surface area contributed by atoms with E-state index in [1.54, 1.807) is 59.6 Å². The number of pyridine rings is 1. The Bertz CT molecular complexity index is 1630. The number of aromatic nitrogens is 1. The fraction of sp³-hybridized carbons (Fsp3) is 0.241. The van der Waals surface area contributed by atoms with E-state index in [0.29, 0.717) is 61.0 Å². The van der Waals surface area contributed by atoms with Gasteiger partial charge in [-0.1, -0.05) is 24.3 Å². The number of aromatic hydroxyl groups is 1. The monoisotopic (exact) mass is 562 g/mol. The van der Waals surface area contributed by atoms with E-state index in [9.17, 15) is 18.3 Å². The number of amides is 1. The van der Waals surface area contributed by atoms with Gasteiger partial charge in [0.1, 0.15) is 4.90 Å². The molecular formula is C29H30N4O6S. The van der Waals surface area contributed by atoms with Crippen LogP contribution in [-0.4, -0.2) is 74.6 Å². The Balaban J connectivity index is 1.21. The molecule has 1 aliphatic rings. The first-order valence-electron chi connectivity index (χ1n) is 12.7. The van der Waals surface area contributed by atoms with Gasteiger partial charge in [-0.3, -0.25) is 19.4 Å². The average molecular weight is 563 g/mol. The highest BCUT2D eigenvalue weighted by molar-refractivity contribution is 7.93. The topological polar surface area (TPSA) is 121 Å². The number of fused-ring (bicyclic) bond motifs is 1. The van der Waals surface area contributed by atoms with Crippen LogP contribution in [-0.2, 0) is 16.6 Å². The summed E-state index contributed by atoms with van der Waals surface area (Å²) in [4.78, 5) is 21.5. The van der Waals surface area contributed by atoms with Gasteiger partial charge in [-0.05, 0) is 42.5 Å². The minimum absolute atomic E-state index is 0.0166. The molecule has 40 heavy (non-hydrogen) atoms. The Morgan fingerprint density at radius 3 is 2.33 bits per heavy atom. The summed E-state index contributed by atoms with van der Waals surface area (Å²) in [7, 11) is -0.863. The van der Waals surface area contributed by atoms with Gasteiger partial charge in [-0.25, -0.2) is 8.42 Å². The number of hydrogen-bond donors (Lipinski definition) is 2. The molecule has 1 fully saturated rings. The molecule has 1 saturated heterocycles. The predicted octanol–water partition coefficient (Wildman–Crippen LogP) is 3.72. The second-order valence-corrected chi connectivity index (χ2v) is 11.0. The van der Waals surface area contributed by atoms with Crippen molar-refractivity contribution in [1.82, 2.24) is 14.8 Å². The predicted molar refractivity (Wildman–Crippen MR) is 151 cm³/mol. The van der Waals surface area contributed by atoms with Crippen LogP contribution in [0.15, 0.2) is 77.8 Å². The number of phenols is 1. The molecule has 0 atom stereocenters. The van der Waals surface area contributed by atoms with E-state index in [4.69, 9.17) is 9.47 Å². The number of nitrogens with zero attached hydrogens (tertiary/aromatic N) is 3. The van der Waals surface area contributed by atoms with Crippen molar-refractivity contribution in [3.05, 3.63) is 84.1 Å². The molecule has 2 N–H and O–H groups in total. The zero-order valence-electron chi connectivity index (χ0n) is 22.2. The summed E-state index contributed by atoms with van der Waals surface area (Å²) in [5.41, 5.74) is 2.11. The van der Waals surface area contributed by atoms with Crippen LogP contribution in [0.4, 0.5) is 5.69 Å². The zero-order valence-corrected chi connectivity index (χ0v) is 23.0. The average Bonchev–Trinajstić information content (AvgIpc) is 2.97. The van der Waals surface area contributed by atoms with Crippen molar-refractivity contribution >= 4 is 32.5 Å². The lowest BCUT2D eigenvalue weighted by atomic mass is 10.1. The highest BCUT2D eigenvalue weighted by Crippen LogP contribution is 2.39. The van der Waals surface area contributed by atoms with E-state index in [-0.39, 0.29) is 16.6 Å². The van der Waals surface area contributed by atoms with Crippen molar-refractivity contribution in [3.8, 4) is 17.2 Å². The first kappa shape index (κ1) is 27.2. The second kappa shape index (κ2) is 11.4. The number of sulfonamides is 1. The number of hydrogen-bond acceptors (Lipinski definition) is 8. The smallest absolute Gasteiger partial charge is 0.264 e. The minimum Gasteiger partial charge on any atom is -0.504 e. The van der Waals surface area contributed by atoms with E-state index in [1.165, 1.54) is 20.3 Å². The number of benzene rings is 3. The fourth-order valence-electron chi connectivity index (χ4n) is 4.86. The number of phenolic OH excluding ortho intramolecular Hbond substituents is 1. The van der Waals surface area contributed by atoms with Crippen molar-refractivity contribution in [2.75, 3.05) is 45.1 Å². The fourth-order valence-corrected chi connectivity index (χ4v) is 6.09. The molecule has 0 aliphatic carbocycles. The molecule has 11 heteroatoms. The molecule has 1 aromatic heterocycles. The number of rotatable bonds is 8. The summed E-state index contributed by atoms with van der Waals surface area (Å²) in [6, 6.07) is 18.4. The van der Waals surface area contributed by atoms with Crippen LogP contribution in [0.1, 0.15) is 15.9 Å². The van der Waals surface area contributed by atoms with Gasteiger partial charge < -0.3 is 19.5 Å². The lowest BCUT2D eigenvalue weighted by Gasteiger charge is -2.35.